The van der Waals surface area contributed by atoms with Crippen molar-refractivity contribution in [3.05, 3.63) is 54.4 Å². The zero-order valence-electron chi connectivity index (χ0n) is 14.6. The van der Waals surface area contributed by atoms with Crippen LogP contribution in [0.4, 0.5) is 5.69 Å². The molecule has 1 atom stereocenters. The molecule has 6 heteroatoms. The van der Waals surface area contributed by atoms with Gasteiger partial charge in [0, 0.05) is 5.69 Å². The Kier molecular flexibility index (Phi) is 4.58. The summed E-state index contributed by atoms with van der Waals surface area (Å²) in [6, 6.07) is 13.5. The monoisotopic (exact) mass is 351 g/mol. The topological polar surface area (TPSA) is 67.5 Å². The molecule has 0 radical (unpaired) electrons. The maximum atomic E-state index is 12.6. The molecule has 1 N–H and O–H groups in total. The van der Waals surface area contributed by atoms with Crippen LogP contribution in [0.15, 0.2) is 48.8 Å². The van der Waals surface area contributed by atoms with E-state index in [-0.39, 0.29) is 18.6 Å². The molecule has 0 aliphatic carbocycles. The Labute approximate surface area is 151 Å². The Morgan fingerprint density at radius 1 is 1.27 bits per heavy atom. The van der Waals surface area contributed by atoms with Gasteiger partial charge in [-0.3, -0.25) is 4.79 Å². The number of benzene rings is 2. The number of fused-ring (bicyclic) bond motifs is 1. The van der Waals surface area contributed by atoms with Crippen molar-refractivity contribution in [2.45, 2.75) is 19.4 Å². The number of rotatable bonds is 5. The molecule has 0 saturated carbocycles. The zero-order valence-corrected chi connectivity index (χ0v) is 14.6. The molecule has 1 saturated heterocycles. The van der Waals surface area contributed by atoms with E-state index in [9.17, 15) is 4.79 Å². The number of amides is 1. The summed E-state index contributed by atoms with van der Waals surface area (Å²) >= 11 is 0. The summed E-state index contributed by atoms with van der Waals surface area (Å²) in [5, 5.41) is 0. The third-order valence-corrected chi connectivity index (χ3v) is 4.50. The second kappa shape index (κ2) is 7.17. The van der Waals surface area contributed by atoms with E-state index < -0.39 is 0 Å². The second-order valence-electron chi connectivity index (χ2n) is 6.32. The number of nitrogens with zero attached hydrogens (tertiary/aromatic N) is 2. The molecule has 6 nitrogen and oxygen atoms in total. The zero-order chi connectivity index (χ0) is 17.9. The van der Waals surface area contributed by atoms with Gasteiger partial charge in [-0.25, -0.2) is 4.98 Å². The highest BCUT2D eigenvalue weighted by atomic mass is 16.5. The highest BCUT2D eigenvalue weighted by molar-refractivity contribution is 5.97. The summed E-state index contributed by atoms with van der Waals surface area (Å²) in [6.07, 6.45) is 2.62. The lowest BCUT2D eigenvalue weighted by Crippen LogP contribution is -2.44. The first-order valence-corrected chi connectivity index (χ1v) is 8.82. The quantitative estimate of drug-likeness (QED) is 0.764. The molecule has 0 spiro atoms. The normalized spacial score (nSPS) is 17.7. The van der Waals surface area contributed by atoms with Gasteiger partial charge in [-0.1, -0.05) is 19.1 Å². The number of ether oxygens (including phenoxy) is 2. The minimum Gasteiger partial charge on any atom is -0.494 e. The molecule has 0 bridgehead atoms. The number of morpholine rings is 1. The lowest BCUT2D eigenvalue weighted by Gasteiger charge is -2.35. The highest BCUT2D eigenvalue weighted by Gasteiger charge is 2.31. The van der Waals surface area contributed by atoms with E-state index in [1.54, 1.807) is 6.33 Å². The minimum atomic E-state index is -0.170. The third-order valence-electron chi connectivity index (χ3n) is 4.50. The molecule has 0 unspecified atom stereocenters. The Morgan fingerprint density at radius 3 is 2.92 bits per heavy atom. The first-order valence-electron chi connectivity index (χ1n) is 8.82. The Bertz CT molecular complexity index is 904. The fourth-order valence-corrected chi connectivity index (χ4v) is 3.22. The van der Waals surface area contributed by atoms with Crippen molar-refractivity contribution in [1.29, 1.82) is 0 Å². The number of hydrogen-bond acceptors (Lipinski definition) is 4. The van der Waals surface area contributed by atoms with Crippen LogP contribution in [-0.4, -0.2) is 35.7 Å². The molecule has 2 aromatic carbocycles. The first-order chi connectivity index (χ1) is 12.8. The average molecular weight is 351 g/mol. The number of nitrogens with one attached hydrogen (secondary N) is 1. The molecule has 1 aromatic heterocycles. The molecule has 134 valence electrons. The lowest BCUT2D eigenvalue weighted by molar-refractivity contribution is -0.127. The van der Waals surface area contributed by atoms with Crippen LogP contribution in [0.3, 0.4) is 0 Å². The second-order valence-corrected chi connectivity index (χ2v) is 6.32. The molecule has 2 heterocycles. The standard InChI is InChI=1S/C20H21N3O3/c1-2-9-26-16-6-3-14(4-7-16)19-11-25-12-20(24)23(19)15-5-8-17-18(10-15)22-13-21-17/h3-8,10,13,19H,2,9,11-12H2,1H3,(H,21,22)/t19-/m1/s1. The summed E-state index contributed by atoms with van der Waals surface area (Å²) in [6.45, 7) is 3.32. The van der Waals surface area contributed by atoms with Gasteiger partial charge >= 0.3 is 0 Å². The summed E-state index contributed by atoms with van der Waals surface area (Å²) < 4.78 is 11.2. The van der Waals surface area contributed by atoms with Crippen LogP contribution >= 0.6 is 0 Å². The molecular formula is C20H21N3O3. The predicted octanol–water partition coefficient (Wildman–Crippen LogP) is 3.46. The predicted molar refractivity (Wildman–Crippen MR) is 99.4 cm³/mol. The summed E-state index contributed by atoms with van der Waals surface area (Å²) in [5.41, 5.74) is 3.64. The van der Waals surface area contributed by atoms with Crippen LogP contribution < -0.4 is 9.64 Å². The number of aromatic amines is 1. The van der Waals surface area contributed by atoms with Crippen LogP contribution in [0.2, 0.25) is 0 Å². The fraction of sp³-hybridized carbons (Fsp3) is 0.300. The SMILES string of the molecule is CCCOc1ccc([C@H]2COCC(=O)N2c2ccc3nc[nH]c3c2)cc1. The number of carbonyl (C=O) groups is 1. The van der Waals surface area contributed by atoms with Crippen molar-refractivity contribution in [3.63, 3.8) is 0 Å². The number of hydrogen-bond donors (Lipinski definition) is 1. The maximum absolute atomic E-state index is 12.6. The van der Waals surface area contributed by atoms with Crippen LogP contribution in [0, 0.1) is 0 Å². The molecule has 1 fully saturated rings. The molecule has 1 aliphatic rings. The molecular weight excluding hydrogens is 330 g/mol. The van der Waals surface area contributed by atoms with Gasteiger partial charge in [-0.15, -0.1) is 0 Å². The van der Waals surface area contributed by atoms with Crippen LogP contribution in [0.5, 0.6) is 5.75 Å². The smallest absolute Gasteiger partial charge is 0.253 e. The summed E-state index contributed by atoms with van der Waals surface area (Å²) in [7, 11) is 0. The van der Waals surface area contributed by atoms with Gasteiger partial charge in [0.1, 0.15) is 12.4 Å². The average Bonchev–Trinajstić information content (AvgIpc) is 3.14. The molecule has 1 aliphatic heterocycles. The fourth-order valence-electron chi connectivity index (χ4n) is 3.22. The molecule has 3 aromatic rings. The van der Waals surface area contributed by atoms with E-state index in [4.69, 9.17) is 9.47 Å². The van der Waals surface area contributed by atoms with E-state index in [0.29, 0.717) is 13.2 Å². The minimum absolute atomic E-state index is 0.0496. The van der Waals surface area contributed by atoms with Crippen molar-refractivity contribution >= 4 is 22.6 Å². The van der Waals surface area contributed by atoms with E-state index in [0.717, 1.165) is 34.5 Å². The largest absolute Gasteiger partial charge is 0.494 e. The summed E-state index contributed by atoms with van der Waals surface area (Å²) in [5.74, 6) is 0.788. The molecule has 26 heavy (non-hydrogen) atoms. The maximum Gasteiger partial charge on any atom is 0.253 e. The van der Waals surface area contributed by atoms with Gasteiger partial charge in [-0.2, -0.15) is 0 Å². The van der Waals surface area contributed by atoms with Crippen LogP contribution in [0.25, 0.3) is 11.0 Å². The van der Waals surface area contributed by atoms with E-state index in [2.05, 4.69) is 16.9 Å². The van der Waals surface area contributed by atoms with Crippen molar-refractivity contribution in [3.8, 4) is 5.75 Å². The Balaban J connectivity index is 1.65. The van der Waals surface area contributed by atoms with E-state index in [1.165, 1.54) is 0 Å². The number of carbonyl (C=O) groups excluding carboxylic acids is 1. The van der Waals surface area contributed by atoms with Crippen molar-refractivity contribution in [2.24, 2.45) is 0 Å². The number of aromatic nitrogens is 2. The van der Waals surface area contributed by atoms with Crippen molar-refractivity contribution < 1.29 is 14.3 Å². The van der Waals surface area contributed by atoms with Gasteiger partial charge in [0.15, 0.2) is 0 Å². The number of H-pyrrole nitrogens is 1. The highest BCUT2D eigenvalue weighted by Crippen LogP contribution is 2.32. The number of imidazole rings is 1. The third kappa shape index (κ3) is 3.15. The Morgan fingerprint density at radius 2 is 2.12 bits per heavy atom. The summed E-state index contributed by atoms with van der Waals surface area (Å²) in [4.78, 5) is 21.8. The van der Waals surface area contributed by atoms with Gasteiger partial charge in [-0.05, 0) is 42.3 Å². The van der Waals surface area contributed by atoms with Gasteiger partial charge in [0.2, 0.25) is 0 Å². The van der Waals surface area contributed by atoms with Gasteiger partial charge in [0.05, 0.1) is 36.6 Å². The lowest BCUT2D eigenvalue weighted by atomic mass is 10.0. The number of anilines is 1. The first kappa shape index (κ1) is 16.6. The van der Waals surface area contributed by atoms with Gasteiger partial charge in [0.25, 0.3) is 5.91 Å². The van der Waals surface area contributed by atoms with Crippen LogP contribution in [-0.2, 0) is 9.53 Å². The molecule has 1 amide bonds. The van der Waals surface area contributed by atoms with Crippen LogP contribution in [0.1, 0.15) is 24.9 Å². The van der Waals surface area contributed by atoms with E-state index >= 15 is 0 Å². The van der Waals surface area contributed by atoms with Crippen molar-refractivity contribution in [1.82, 2.24) is 9.97 Å². The Hall–Kier alpha value is -2.86. The van der Waals surface area contributed by atoms with Gasteiger partial charge < -0.3 is 19.4 Å². The van der Waals surface area contributed by atoms with E-state index in [1.807, 2.05) is 47.4 Å². The molecule has 4 rings (SSSR count). The van der Waals surface area contributed by atoms with Crippen molar-refractivity contribution in [2.75, 3.05) is 24.7 Å².